The first-order valence-electron chi connectivity index (χ1n) is 9.92. The molecule has 0 saturated carbocycles. The fraction of sp³-hybridized carbons (Fsp3) is 0.273. The molecule has 1 aromatic carbocycles. The van der Waals surface area contributed by atoms with Crippen LogP contribution in [0.2, 0.25) is 0 Å². The molecule has 1 aliphatic heterocycles. The van der Waals surface area contributed by atoms with E-state index in [4.69, 9.17) is 9.47 Å². The number of aryl methyl sites for hydroxylation is 1. The van der Waals surface area contributed by atoms with Gasteiger partial charge in [0.15, 0.2) is 11.5 Å². The highest BCUT2D eigenvalue weighted by Crippen LogP contribution is 2.35. The molecule has 3 heterocycles. The molecule has 0 bridgehead atoms. The lowest BCUT2D eigenvalue weighted by molar-refractivity contribution is -0.122. The minimum Gasteiger partial charge on any atom is -0.454 e. The maximum absolute atomic E-state index is 13.0. The molecule has 2 N–H and O–H groups in total. The number of hydrogen-bond donors (Lipinski definition) is 2. The van der Waals surface area contributed by atoms with E-state index in [-0.39, 0.29) is 18.3 Å². The fourth-order valence-electron chi connectivity index (χ4n) is 3.39. The summed E-state index contributed by atoms with van der Waals surface area (Å²) >= 11 is 0. The summed E-state index contributed by atoms with van der Waals surface area (Å²) < 4.78 is 12.6. The van der Waals surface area contributed by atoms with Gasteiger partial charge in [0.1, 0.15) is 11.6 Å². The highest BCUT2D eigenvalue weighted by atomic mass is 16.7. The molecule has 4 rings (SSSR count). The number of fused-ring (bicyclic) bond motifs is 2. The summed E-state index contributed by atoms with van der Waals surface area (Å²) in [5, 5.41) is 5.70. The first-order valence-corrected chi connectivity index (χ1v) is 9.92. The van der Waals surface area contributed by atoms with Gasteiger partial charge in [-0.3, -0.25) is 19.4 Å². The van der Waals surface area contributed by atoms with Crippen LogP contribution in [-0.4, -0.2) is 34.2 Å². The lowest BCUT2D eigenvalue weighted by atomic mass is 10.1. The number of hydrogen-bond acceptors (Lipinski definition) is 6. The predicted octanol–water partition coefficient (Wildman–Crippen LogP) is 1.58. The molecule has 2 aromatic heterocycles. The summed E-state index contributed by atoms with van der Waals surface area (Å²) in [7, 11) is 0. The molecule has 0 aliphatic carbocycles. The number of pyridine rings is 2. The molecule has 9 heteroatoms. The summed E-state index contributed by atoms with van der Waals surface area (Å²) in [6.07, 6.45) is 4.80. The Morgan fingerprint density at radius 3 is 2.74 bits per heavy atom. The molecular weight excluding hydrogens is 400 g/mol. The Morgan fingerprint density at radius 1 is 1.26 bits per heavy atom. The van der Waals surface area contributed by atoms with Gasteiger partial charge in [0.2, 0.25) is 18.1 Å². The zero-order valence-electron chi connectivity index (χ0n) is 17.2. The van der Waals surface area contributed by atoms with Crippen LogP contribution in [0, 0.1) is 0 Å². The lowest BCUT2D eigenvalue weighted by Gasteiger charge is -2.16. The van der Waals surface area contributed by atoms with Gasteiger partial charge in [0.25, 0.3) is 5.91 Å². The quantitative estimate of drug-likeness (QED) is 0.624. The zero-order valence-corrected chi connectivity index (χ0v) is 17.2. The number of nitrogens with one attached hydrogen (secondary N) is 2. The van der Waals surface area contributed by atoms with Gasteiger partial charge in [0, 0.05) is 37.7 Å². The van der Waals surface area contributed by atoms with E-state index in [0.29, 0.717) is 35.5 Å². The van der Waals surface area contributed by atoms with Crippen molar-refractivity contribution in [1.29, 1.82) is 0 Å². The number of ether oxygens (including phenoxy) is 2. The van der Waals surface area contributed by atoms with E-state index in [0.717, 1.165) is 5.56 Å². The number of aromatic nitrogens is 2. The molecule has 2 amide bonds. The van der Waals surface area contributed by atoms with E-state index in [9.17, 15) is 14.4 Å². The van der Waals surface area contributed by atoms with Crippen molar-refractivity contribution in [3.63, 3.8) is 0 Å². The Morgan fingerprint density at radius 2 is 2.03 bits per heavy atom. The van der Waals surface area contributed by atoms with Crippen LogP contribution in [0.5, 0.6) is 11.5 Å². The Kier molecular flexibility index (Phi) is 5.57. The molecule has 0 saturated heterocycles. The number of carbonyl (C=O) groups is 2. The second-order valence-corrected chi connectivity index (χ2v) is 7.15. The van der Waals surface area contributed by atoms with Gasteiger partial charge in [0.05, 0.1) is 10.9 Å². The molecule has 3 aromatic rings. The third-order valence-corrected chi connectivity index (χ3v) is 5.09. The molecule has 9 nitrogen and oxygen atoms in total. The van der Waals surface area contributed by atoms with Crippen LogP contribution >= 0.6 is 0 Å². The van der Waals surface area contributed by atoms with Crippen molar-refractivity contribution in [2.24, 2.45) is 0 Å². The molecule has 0 spiro atoms. The highest BCUT2D eigenvalue weighted by molar-refractivity contribution is 6.00. The number of benzene rings is 1. The fourth-order valence-corrected chi connectivity index (χ4v) is 3.39. The van der Waals surface area contributed by atoms with Crippen molar-refractivity contribution in [3.8, 4) is 11.5 Å². The number of carbonyl (C=O) groups excluding carboxylic acids is 2. The van der Waals surface area contributed by atoms with Crippen LogP contribution in [0.15, 0.2) is 47.7 Å². The van der Waals surface area contributed by atoms with E-state index in [2.05, 4.69) is 15.6 Å². The number of rotatable bonds is 6. The first kappa shape index (κ1) is 20.4. The van der Waals surface area contributed by atoms with Gasteiger partial charge in [-0.25, -0.2) is 0 Å². The van der Waals surface area contributed by atoms with E-state index < -0.39 is 17.4 Å². The van der Waals surface area contributed by atoms with Gasteiger partial charge in [-0.05, 0) is 31.5 Å². The molecule has 160 valence electrons. The molecule has 31 heavy (non-hydrogen) atoms. The van der Waals surface area contributed by atoms with Crippen LogP contribution in [0.3, 0.4) is 0 Å². The lowest BCUT2D eigenvalue weighted by Crippen LogP contribution is -2.45. The monoisotopic (exact) mass is 422 g/mol. The molecule has 0 fully saturated rings. The molecule has 1 unspecified atom stereocenters. The minimum atomic E-state index is -0.828. The SMILES string of the molecule is CCn1cc(C(=O)NC(C)C(=O)NCc2cccnc2)c(=O)c2cc3c(cc21)OCO3. The van der Waals surface area contributed by atoms with E-state index in [1.807, 2.05) is 13.0 Å². The minimum absolute atomic E-state index is 0.0416. The van der Waals surface area contributed by atoms with Crippen molar-refractivity contribution >= 4 is 22.7 Å². The van der Waals surface area contributed by atoms with Crippen molar-refractivity contribution < 1.29 is 19.1 Å². The Hall–Kier alpha value is -3.88. The second-order valence-electron chi connectivity index (χ2n) is 7.15. The summed E-state index contributed by atoms with van der Waals surface area (Å²) in [4.78, 5) is 42.2. The largest absolute Gasteiger partial charge is 0.454 e. The van der Waals surface area contributed by atoms with E-state index in [1.165, 1.54) is 6.20 Å². The maximum atomic E-state index is 13.0. The Balaban J connectivity index is 1.54. The van der Waals surface area contributed by atoms with Gasteiger partial charge in [-0.15, -0.1) is 0 Å². The van der Waals surface area contributed by atoms with Gasteiger partial charge >= 0.3 is 0 Å². The van der Waals surface area contributed by atoms with Gasteiger partial charge in [-0.2, -0.15) is 0 Å². The van der Waals surface area contributed by atoms with Crippen LogP contribution < -0.4 is 25.5 Å². The van der Waals surface area contributed by atoms with Crippen molar-refractivity contribution in [1.82, 2.24) is 20.2 Å². The van der Waals surface area contributed by atoms with Gasteiger partial charge < -0.3 is 24.7 Å². The van der Waals surface area contributed by atoms with E-state index in [1.54, 1.807) is 42.1 Å². The van der Waals surface area contributed by atoms with E-state index >= 15 is 0 Å². The Bertz CT molecular complexity index is 1210. The van der Waals surface area contributed by atoms with Gasteiger partial charge in [-0.1, -0.05) is 6.07 Å². The van der Waals surface area contributed by atoms with Crippen molar-refractivity contribution in [3.05, 3.63) is 64.2 Å². The standard InChI is InChI=1S/C22H22N4O5/c1-3-26-11-16(20(27)15-7-18-19(8-17(15)26)31-12-30-18)22(29)25-13(2)21(28)24-10-14-5-4-6-23-9-14/h4-9,11,13H,3,10,12H2,1-2H3,(H,24,28)(H,25,29). The molecular formula is C22H22N4O5. The van der Waals surface area contributed by atoms with Crippen molar-refractivity contribution in [2.45, 2.75) is 33.0 Å². The molecule has 1 aliphatic rings. The topological polar surface area (TPSA) is 112 Å². The zero-order chi connectivity index (χ0) is 22.0. The smallest absolute Gasteiger partial charge is 0.257 e. The first-order chi connectivity index (χ1) is 15.0. The Labute approximate surface area is 178 Å². The third-order valence-electron chi connectivity index (χ3n) is 5.09. The average molecular weight is 422 g/mol. The third kappa shape index (κ3) is 4.07. The summed E-state index contributed by atoms with van der Waals surface area (Å²) in [6.45, 7) is 4.39. The number of amides is 2. The number of nitrogens with zero attached hydrogens (tertiary/aromatic N) is 2. The maximum Gasteiger partial charge on any atom is 0.257 e. The summed E-state index contributed by atoms with van der Waals surface area (Å²) in [6, 6.07) is 6.11. The normalized spacial score (nSPS) is 13.1. The summed E-state index contributed by atoms with van der Waals surface area (Å²) in [5.41, 5.74) is 1.02. The van der Waals surface area contributed by atoms with Crippen LogP contribution in [0.4, 0.5) is 0 Å². The summed E-state index contributed by atoms with van der Waals surface area (Å²) in [5.74, 6) is 0.0474. The van der Waals surface area contributed by atoms with Crippen LogP contribution in [-0.2, 0) is 17.9 Å². The average Bonchev–Trinajstić information content (AvgIpc) is 3.25. The van der Waals surface area contributed by atoms with Crippen LogP contribution in [0.1, 0.15) is 29.8 Å². The van der Waals surface area contributed by atoms with Crippen molar-refractivity contribution in [2.75, 3.05) is 6.79 Å². The molecule has 1 atom stereocenters. The molecule has 0 radical (unpaired) electrons. The highest BCUT2D eigenvalue weighted by Gasteiger charge is 2.23. The second kappa shape index (κ2) is 8.47. The van der Waals surface area contributed by atoms with Crippen LogP contribution in [0.25, 0.3) is 10.9 Å². The predicted molar refractivity (Wildman–Crippen MR) is 113 cm³/mol.